The highest BCUT2D eigenvalue weighted by atomic mass is 16.5. The molecule has 0 bridgehead atoms. The Morgan fingerprint density at radius 1 is 1.21 bits per heavy atom. The number of aryl methyl sites for hydroxylation is 2. The first kappa shape index (κ1) is 19.6. The lowest BCUT2D eigenvalue weighted by Crippen LogP contribution is -2.16. The smallest absolute Gasteiger partial charge is 0.339 e. The van der Waals surface area contributed by atoms with Crippen molar-refractivity contribution in [3.63, 3.8) is 0 Å². The van der Waals surface area contributed by atoms with E-state index >= 15 is 0 Å². The summed E-state index contributed by atoms with van der Waals surface area (Å²) < 4.78 is 6.20. The first-order valence-corrected chi connectivity index (χ1v) is 8.65. The molecule has 0 aliphatic heterocycles. The number of ether oxygens (including phenoxy) is 1. The van der Waals surface area contributed by atoms with Gasteiger partial charge in [-0.25, -0.2) is 9.78 Å². The SMILES string of the molecule is COC(=O)c1cnc(N)c(C#Cc2cccc(NC(=O)c3cc(C)nn3C)c2)c1. The van der Waals surface area contributed by atoms with Gasteiger partial charge in [-0.15, -0.1) is 0 Å². The molecule has 3 N–H and O–H groups in total. The molecule has 0 fully saturated rings. The number of aromatic nitrogens is 3. The number of hydrogen-bond donors (Lipinski definition) is 2. The average Bonchev–Trinajstić information content (AvgIpc) is 3.05. The Hall–Kier alpha value is -4.12. The molecule has 0 saturated heterocycles. The number of nitrogens with zero attached hydrogens (tertiary/aromatic N) is 3. The zero-order chi connectivity index (χ0) is 21.0. The third-order valence-corrected chi connectivity index (χ3v) is 4.04. The summed E-state index contributed by atoms with van der Waals surface area (Å²) in [4.78, 5) is 28.1. The van der Waals surface area contributed by atoms with Crippen LogP contribution in [0.3, 0.4) is 0 Å². The standard InChI is InChI=1S/C21H19N5O3/c1-13-9-18(26(2)25-13)20(27)24-17-6-4-5-14(10-17)7-8-15-11-16(21(28)29-3)12-23-19(15)22/h4-6,9-12H,1-3H3,(H2,22,23)(H,24,27). The van der Waals surface area contributed by atoms with Crippen molar-refractivity contribution >= 4 is 23.4 Å². The number of rotatable bonds is 3. The molecule has 0 spiro atoms. The summed E-state index contributed by atoms with van der Waals surface area (Å²) in [5.74, 6) is 5.29. The normalized spacial score (nSPS) is 10.0. The lowest BCUT2D eigenvalue weighted by molar-refractivity contribution is 0.0600. The number of amides is 1. The van der Waals surface area contributed by atoms with Crippen LogP contribution in [0.5, 0.6) is 0 Å². The van der Waals surface area contributed by atoms with E-state index in [9.17, 15) is 9.59 Å². The Morgan fingerprint density at radius 3 is 2.69 bits per heavy atom. The van der Waals surface area contributed by atoms with Gasteiger partial charge in [0.25, 0.3) is 5.91 Å². The van der Waals surface area contributed by atoms with E-state index in [0.717, 1.165) is 5.69 Å². The van der Waals surface area contributed by atoms with Crippen LogP contribution in [0.15, 0.2) is 42.6 Å². The van der Waals surface area contributed by atoms with Crippen LogP contribution < -0.4 is 11.1 Å². The summed E-state index contributed by atoms with van der Waals surface area (Å²) in [5.41, 5.74) is 8.98. The number of hydrogen-bond acceptors (Lipinski definition) is 6. The molecule has 2 aromatic heterocycles. The minimum atomic E-state index is -0.518. The molecule has 1 amide bonds. The number of benzene rings is 1. The third kappa shape index (κ3) is 4.59. The van der Waals surface area contributed by atoms with E-state index < -0.39 is 5.97 Å². The van der Waals surface area contributed by atoms with Crippen LogP contribution in [0.1, 0.15) is 37.7 Å². The lowest BCUT2D eigenvalue weighted by Gasteiger charge is -2.05. The van der Waals surface area contributed by atoms with E-state index in [-0.39, 0.29) is 17.3 Å². The molecule has 8 nitrogen and oxygen atoms in total. The van der Waals surface area contributed by atoms with E-state index in [0.29, 0.717) is 22.5 Å². The van der Waals surface area contributed by atoms with Crippen molar-refractivity contribution < 1.29 is 14.3 Å². The van der Waals surface area contributed by atoms with Crippen LogP contribution in [-0.4, -0.2) is 33.8 Å². The van der Waals surface area contributed by atoms with Crippen LogP contribution in [-0.2, 0) is 11.8 Å². The summed E-state index contributed by atoms with van der Waals surface area (Å²) in [7, 11) is 3.00. The summed E-state index contributed by atoms with van der Waals surface area (Å²) in [6, 6.07) is 10.3. The van der Waals surface area contributed by atoms with Gasteiger partial charge < -0.3 is 15.8 Å². The van der Waals surface area contributed by atoms with Gasteiger partial charge in [0.1, 0.15) is 11.5 Å². The average molecular weight is 389 g/mol. The monoisotopic (exact) mass is 389 g/mol. The molecule has 0 aliphatic carbocycles. The van der Waals surface area contributed by atoms with Crippen LogP contribution >= 0.6 is 0 Å². The zero-order valence-corrected chi connectivity index (χ0v) is 16.2. The molecule has 2 heterocycles. The van der Waals surface area contributed by atoms with Crippen molar-refractivity contribution in [2.75, 3.05) is 18.2 Å². The fraction of sp³-hybridized carbons (Fsp3) is 0.143. The summed E-state index contributed by atoms with van der Waals surface area (Å²) in [6.45, 7) is 1.82. The Kier molecular flexibility index (Phi) is 5.60. The van der Waals surface area contributed by atoms with Gasteiger partial charge in [0.2, 0.25) is 0 Å². The van der Waals surface area contributed by atoms with Gasteiger partial charge in [0, 0.05) is 24.5 Å². The molecule has 0 radical (unpaired) electrons. The van der Waals surface area contributed by atoms with Crippen molar-refractivity contribution in [3.05, 3.63) is 70.7 Å². The number of carbonyl (C=O) groups excluding carboxylic acids is 2. The zero-order valence-electron chi connectivity index (χ0n) is 16.2. The molecule has 3 aromatic rings. The van der Waals surface area contributed by atoms with Gasteiger partial charge >= 0.3 is 5.97 Å². The van der Waals surface area contributed by atoms with Crippen molar-refractivity contribution in [2.45, 2.75) is 6.92 Å². The number of anilines is 2. The summed E-state index contributed by atoms with van der Waals surface area (Å²) >= 11 is 0. The molecule has 0 unspecified atom stereocenters. The second kappa shape index (κ2) is 8.27. The maximum Gasteiger partial charge on any atom is 0.339 e. The molecule has 29 heavy (non-hydrogen) atoms. The molecule has 1 aromatic carbocycles. The topological polar surface area (TPSA) is 112 Å². The predicted molar refractivity (Wildman–Crippen MR) is 108 cm³/mol. The molecular weight excluding hydrogens is 370 g/mol. The minimum Gasteiger partial charge on any atom is -0.465 e. The summed E-state index contributed by atoms with van der Waals surface area (Å²) in [5, 5.41) is 7.00. The van der Waals surface area contributed by atoms with Crippen molar-refractivity contribution in [2.24, 2.45) is 7.05 Å². The lowest BCUT2D eigenvalue weighted by atomic mass is 10.1. The maximum absolute atomic E-state index is 12.4. The Labute approximate surface area is 167 Å². The van der Waals surface area contributed by atoms with Crippen LogP contribution in [0.4, 0.5) is 11.5 Å². The molecular formula is C21H19N5O3. The molecule has 146 valence electrons. The number of pyridine rings is 1. The van der Waals surface area contributed by atoms with Crippen molar-refractivity contribution in [1.82, 2.24) is 14.8 Å². The van der Waals surface area contributed by atoms with E-state index in [1.165, 1.54) is 24.1 Å². The van der Waals surface area contributed by atoms with E-state index in [4.69, 9.17) is 5.73 Å². The van der Waals surface area contributed by atoms with Gasteiger partial charge in [-0.05, 0) is 37.3 Å². The molecule has 0 aliphatic rings. The van der Waals surface area contributed by atoms with Gasteiger partial charge in [-0.1, -0.05) is 17.9 Å². The molecule has 8 heteroatoms. The van der Waals surface area contributed by atoms with Crippen LogP contribution in [0.25, 0.3) is 0 Å². The number of nitrogens with two attached hydrogens (primary N) is 1. The summed E-state index contributed by atoms with van der Waals surface area (Å²) in [6.07, 6.45) is 1.34. The number of nitrogens with one attached hydrogen (secondary N) is 1. The highest BCUT2D eigenvalue weighted by Gasteiger charge is 2.12. The van der Waals surface area contributed by atoms with Crippen LogP contribution in [0, 0.1) is 18.8 Å². The fourth-order valence-corrected chi connectivity index (χ4v) is 2.64. The van der Waals surface area contributed by atoms with E-state index in [1.807, 2.05) is 6.92 Å². The molecule has 0 saturated carbocycles. The van der Waals surface area contributed by atoms with Crippen LogP contribution in [0.2, 0.25) is 0 Å². The highest BCUT2D eigenvalue weighted by molar-refractivity contribution is 6.03. The van der Waals surface area contributed by atoms with E-state index in [1.54, 1.807) is 37.4 Å². The van der Waals surface area contributed by atoms with Crippen molar-refractivity contribution in [3.8, 4) is 11.8 Å². The highest BCUT2D eigenvalue weighted by Crippen LogP contribution is 2.14. The second-order valence-corrected chi connectivity index (χ2v) is 6.23. The van der Waals surface area contributed by atoms with Crippen molar-refractivity contribution in [1.29, 1.82) is 0 Å². The second-order valence-electron chi connectivity index (χ2n) is 6.23. The van der Waals surface area contributed by atoms with Gasteiger partial charge in [-0.3, -0.25) is 9.48 Å². The fourth-order valence-electron chi connectivity index (χ4n) is 2.64. The largest absolute Gasteiger partial charge is 0.465 e. The first-order chi connectivity index (χ1) is 13.9. The predicted octanol–water partition coefficient (Wildman–Crippen LogP) is 2.14. The maximum atomic E-state index is 12.4. The Morgan fingerprint density at radius 2 is 2.00 bits per heavy atom. The number of methoxy groups -OCH3 is 1. The number of nitrogen functional groups attached to an aromatic ring is 1. The minimum absolute atomic E-state index is 0.209. The van der Waals surface area contributed by atoms with Gasteiger partial charge in [0.05, 0.1) is 23.9 Å². The Bertz CT molecular complexity index is 1150. The number of carbonyl (C=O) groups is 2. The quantitative estimate of drug-likeness (QED) is 0.524. The Balaban J connectivity index is 1.82. The van der Waals surface area contributed by atoms with Gasteiger partial charge in [0.15, 0.2) is 0 Å². The van der Waals surface area contributed by atoms with Gasteiger partial charge in [-0.2, -0.15) is 5.10 Å². The van der Waals surface area contributed by atoms with E-state index in [2.05, 4.69) is 32.0 Å². The molecule has 0 atom stereocenters. The molecule has 3 rings (SSSR count). The first-order valence-electron chi connectivity index (χ1n) is 8.65. The third-order valence-electron chi connectivity index (χ3n) is 4.04. The number of esters is 1.